The molecule has 0 saturated heterocycles. The van der Waals surface area contributed by atoms with E-state index in [0.29, 0.717) is 28.4 Å². The molecule has 0 atom stereocenters. The zero-order valence-electron chi connectivity index (χ0n) is 15.2. The highest BCUT2D eigenvalue weighted by atomic mass is 19.4. The standard InChI is InChI=1S/C15H15FN6.C2HF3O2/c1-18-10-5-3-4-9(16)12(10)11-7-6-8-13(19-2)21-15(17)22-14(8)20-11;3-2(4,5)1(6)7/h3-7,18H,1-2H3,(H3,17,19,20,21,22);(H,6,7). The minimum atomic E-state index is -5.08. The quantitative estimate of drug-likeness (QED) is 0.484. The fraction of sp³-hybridized carbons (Fsp3) is 0.176. The van der Waals surface area contributed by atoms with Crippen LogP contribution in [0.3, 0.4) is 0 Å². The summed E-state index contributed by atoms with van der Waals surface area (Å²) in [7, 11) is 3.48. The highest BCUT2D eigenvalue weighted by Crippen LogP contribution is 2.31. The Morgan fingerprint density at radius 3 is 2.28 bits per heavy atom. The number of nitrogens with zero attached hydrogens (tertiary/aromatic N) is 3. The van der Waals surface area contributed by atoms with Gasteiger partial charge in [0.1, 0.15) is 11.6 Å². The van der Waals surface area contributed by atoms with E-state index in [9.17, 15) is 17.6 Å². The molecule has 5 N–H and O–H groups in total. The van der Waals surface area contributed by atoms with Crippen LogP contribution in [0.2, 0.25) is 0 Å². The smallest absolute Gasteiger partial charge is 0.475 e. The second kappa shape index (κ2) is 8.54. The van der Waals surface area contributed by atoms with Gasteiger partial charge in [-0.25, -0.2) is 14.2 Å². The number of nitrogens with two attached hydrogens (primary N) is 1. The van der Waals surface area contributed by atoms with Crippen molar-refractivity contribution in [2.45, 2.75) is 6.18 Å². The molecule has 154 valence electrons. The molecule has 0 amide bonds. The number of pyridine rings is 1. The van der Waals surface area contributed by atoms with E-state index in [1.165, 1.54) is 6.07 Å². The van der Waals surface area contributed by atoms with Crippen LogP contribution in [0.25, 0.3) is 22.3 Å². The molecule has 3 aromatic rings. The number of hydrogen-bond acceptors (Lipinski definition) is 7. The van der Waals surface area contributed by atoms with E-state index < -0.39 is 12.1 Å². The van der Waals surface area contributed by atoms with E-state index >= 15 is 0 Å². The molecule has 2 heterocycles. The maximum Gasteiger partial charge on any atom is 0.490 e. The van der Waals surface area contributed by atoms with Crippen LogP contribution < -0.4 is 16.4 Å². The number of carboxylic acids is 1. The van der Waals surface area contributed by atoms with Crippen LogP contribution in [0.1, 0.15) is 0 Å². The summed E-state index contributed by atoms with van der Waals surface area (Å²) in [6.07, 6.45) is -5.08. The average molecular weight is 412 g/mol. The number of carbonyl (C=O) groups is 1. The van der Waals surface area contributed by atoms with Crippen LogP contribution >= 0.6 is 0 Å². The lowest BCUT2D eigenvalue weighted by molar-refractivity contribution is -0.192. The summed E-state index contributed by atoms with van der Waals surface area (Å²) in [5.41, 5.74) is 7.64. The molecule has 0 spiro atoms. The van der Waals surface area contributed by atoms with Gasteiger partial charge in [0.05, 0.1) is 16.6 Å². The fourth-order valence-corrected chi connectivity index (χ4v) is 2.35. The van der Waals surface area contributed by atoms with Gasteiger partial charge in [0.15, 0.2) is 5.65 Å². The number of nitrogen functional groups attached to an aromatic ring is 1. The lowest BCUT2D eigenvalue weighted by Gasteiger charge is -2.11. The summed E-state index contributed by atoms with van der Waals surface area (Å²) >= 11 is 0. The third kappa shape index (κ3) is 4.97. The molecule has 0 fully saturated rings. The molecular weight excluding hydrogens is 396 g/mol. The summed E-state index contributed by atoms with van der Waals surface area (Å²) in [6, 6.07) is 8.37. The average Bonchev–Trinajstić information content (AvgIpc) is 2.66. The molecule has 0 aliphatic rings. The molecule has 0 saturated carbocycles. The number of aromatic nitrogens is 3. The number of hydrogen-bond donors (Lipinski definition) is 4. The van der Waals surface area contributed by atoms with Crippen LogP contribution in [-0.2, 0) is 4.79 Å². The largest absolute Gasteiger partial charge is 0.490 e. The molecule has 12 heteroatoms. The number of anilines is 3. The Balaban J connectivity index is 0.000000370. The van der Waals surface area contributed by atoms with Crippen LogP contribution in [0.5, 0.6) is 0 Å². The zero-order chi connectivity index (χ0) is 21.8. The first-order valence-electron chi connectivity index (χ1n) is 7.97. The molecule has 2 aromatic heterocycles. The van der Waals surface area contributed by atoms with Gasteiger partial charge in [-0.3, -0.25) is 0 Å². The molecule has 3 rings (SSSR count). The summed E-state index contributed by atoms with van der Waals surface area (Å²) in [4.78, 5) is 21.6. The topological polar surface area (TPSA) is 126 Å². The van der Waals surface area contributed by atoms with Crippen LogP contribution in [0, 0.1) is 5.82 Å². The third-order valence-electron chi connectivity index (χ3n) is 3.60. The van der Waals surface area contributed by atoms with Crippen LogP contribution in [0.15, 0.2) is 30.3 Å². The van der Waals surface area contributed by atoms with Crippen LogP contribution in [0.4, 0.5) is 35.0 Å². The Morgan fingerprint density at radius 1 is 1.07 bits per heavy atom. The monoisotopic (exact) mass is 412 g/mol. The number of benzene rings is 1. The normalized spacial score (nSPS) is 10.8. The Kier molecular flexibility index (Phi) is 6.36. The van der Waals surface area contributed by atoms with Gasteiger partial charge in [-0.15, -0.1) is 0 Å². The van der Waals surface area contributed by atoms with E-state index in [-0.39, 0.29) is 11.8 Å². The maximum atomic E-state index is 14.2. The highest BCUT2D eigenvalue weighted by molar-refractivity contribution is 5.90. The second-order valence-corrected chi connectivity index (χ2v) is 5.46. The SMILES string of the molecule is CNc1cccc(F)c1-c1ccc2c(NC)nc(N)nc2n1.O=C(O)C(F)(F)F. The highest BCUT2D eigenvalue weighted by Gasteiger charge is 2.38. The number of halogens is 4. The van der Waals surface area contributed by atoms with Gasteiger partial charge >= 0.3 is 12.1 Å². The van der Waals surface area contributed by atoms with Crippen molar-refractivity contribution in [2.75, 3.05) is 30.5 Å². The van der Waals surface area contributed by atoms with Gasteiger partial charge in [0.2, 0.25) is 5.95 Å². The van der Waals surface area contributed by atoms with Crippen molar-refractivity contribution >= 4 is 34.5 Å². The molecule has 0 radical (unpaired) electrons. The van der Waals surface area contributed by atoms with Crippen molar-refractivity contribution in [3.8, 4) is 11.3 Å². The van der Waals surface area contributed by atoms with Gasteiger partial charge in [0, 0.05) is 19.8 Å². The molecular formula is C17H16F4N6O2. The summed E-state index contributed by atoms with van der Waals surface area (Å²) in [6.45, 7) is 0. The number of nitrogens with one attached hydrogen (secondary N) is 2. The minimum absolute atomic E-state index is 0.115. The number of fused-ring (bicyclic) bond motifs is 1. The lowest BCUT2D eigenvalue weighted by atomic mass is 10.1. The Labute approximate surface area is 161 Å². The van der Waals surface area contributed by atoms with Crippen molar-refractivity contribution in [3.05, 3.63) is 36.1 Å². The Hall–Kier alpha value is -3.70. The van der Waals surface area contributed by atoms with Crippen molar-refractivity contribution in [2.24, 2.45) is 0 Å². The van der Waals surface area contributed by atoms with Gasteiger partial charge in [-0.2, -0.15) is 23.1 Å². The van der Waals surface area contributed by atoms with Crippen molar-refractivity contribution in [1.82, 2.24) is 15.0 Å². The fourth-order valence-electron chi connectivity index (χ4n) is 2.35. The van der Waals surface area contributed by atoms with Gasteiger partial charge < -0.3 is 21.5 Å². The first-order valence-corrected chi connectivity index (χ1v) is 7.97. The summed E-state index contributed by atoms with van der Waals surface area (Å²) in [5, 5.41) is 13.8. The van der Waals surface area contributed by atoms with Gasteiger partial charge in [-0.1, -0.05) is 6.07 Å². The molecule has 29 heavy (non-hydrogen) atoms. The number of alkyl halides is 3. The minimum Gasteiger partial charge on any atom is -0.475 e. The maximum absolute atomic E-state index is 14.2. The number of carboxylic acid groups (broad SMARTS) is 1. The molecule has 0 bridgehead atoms. The van der Waals surface area contributed by atoms with E-state index in [1.54, 1.807) is 38.4 Å². The summed E-state index contributed by atoms with van der Waals surface area (Å²) < 4.78 is 45.9. The van der Waals surface area contributed by atoms with Gasteiger partial charge in [-0.05, 0) is 24.3 Å². The summed E-state index contributed by atoms with van der Waals surface area (Å²) in [5.74, 6) is -2.41. The predicted molar refractivity (Wildman–Crippen MR) is 99.9 cm³/mol. The first kappa shape index (κ1) is 21.6. The molecule has 0 aliphatic heterocycles. The van der Waals surface area contributed by atoms with Crippen molar-refractivity contribution < 1.29 is 27.5 Å². The molecule has 0 aliphatic carbocycles. The molecule has 0 unspecified atom stereocenters. The number of aliphatic carboxylic acids is 1. The van der Waals surface area contributed by atoms with Gasteiger partial charge in [0.25, 0.3) is 0 Å². The third-order valence-corrected chi connectivity index (χ3v) is 3.60. The number of rotatable bonds is 3. The van der Waals surface area contributed by atoms with Crippen LogP contribution in [-0.4, -0.2) is 46.3 Å². The zero-order valence-corrected chi connectivity index (χ0v) is 15.2. The molecule has 1 aromatic carbocycles. The lowest BCUT2D eigenvalue weighted by Crippen LogP contribution is -2.21. The van der Waals surface area contributed by atoms with Crippen molar-refractivity contribution in [3.63, 3.8) is 0 Å². The van der Waals surface area contributed by atoms with E-state index in [2.05, 4.69) is 25.6 Å². The van der Waals surface area contributed by atoms with Crippen molar-refractivity contribution in [1.29, 1.82) is 0 Å². The van der Waals surface area contributed by atoms with E-state index in [1.807, 2.05) is 0 Å². The first-order chi connectivity index (χ1) is 13.6. The van der Waals surface area contributed by atoms with E-state index in [0.717, 1.165) is 5.39 Å². The predicted octanol–water partition coefficient (Wildman–Crippen LogP) is 3.13. The Morgan fingerprint density at radius 2 is 1.72 bits per heavy atom. The Bertz CT molecular complexity index is 1040. The second-order valence-electron chi connectivity index (χ2n) is 5.46. The molecule has 8 nitrogen and oxygen atoms in total. The van der Waals surface area contributed by atoms with E-state index in [4.69, 9.17) is 15.6 Å².